The minimum Gasteiger partial charge on any atom is -0.507 e. The monoisotopic (exact) mass is 402 g/mol. The van der Waals surface area contributed by atoms with Gasteiger partial charge in [-0.1, -0.05) is 12.1 Å². The van der Waals surface area contributed by atoms with Gasteiger partial charge in [0.15, 0.2) is 5.82 Å². The zero-order chi connectivity index (χ0) is 20.6. The Bertz CT molecular complexity index is 1050. The summed E-state index contributed by atoms with van der Waals surface area (Å²) < 4.78 is 40.0. The van der Waals surface area contributed by atoms with E-state index in [1.807, 2.05) is 13.0 Å². The number of benzene rings is 2. The normalized spacial score (nSPS) is 17.4. The Hall–Kier alpha value is -2.87. The van der Waals surface area contributed by atoms with Crippen LogP contribution >= 0.6 is 0 Å². The van der Waals surface area contributed by atoms with Gasteiger partial charge < -0.3 is 15.7 Å². The van der Waals surface area contributed by atoms with Gasteiger partial charge in [-0.3, -0.25) is 0 Å². The molecule has 3 aromatic rings. The van der Waals surface area contributed by atoms with Crippen molar-refractivity contribution in [3.8, 4) is 17.0 Å². The Kier molecular flexibility index (Phi) is 5.04. The van der Waals surface area contributed by atoms with Gasteiger partial charge in [-0.15, -0.1) is 10.2 Å². The Morgan fingerprint density at radius 2 is 1.93 bits per heavy atom. The molecule has 8 heteroatoms. The van der Waals surface area contributed by atoms with Crippen molar-refractivity contribution in [3.63, 3.8) is 0 Å². The third-order valence-corrected chi connectivity index (χ3v) is 5.15. The predicted molar refractivity (Wildman–Crippen MR) is 106 cm³/mol. The van der Waals surface area contributed by atoms with Crippen LogP contribution in [0.25, 0.3) is 22.0 Å². The lowest BCUT2D eigenvalue weighted by molar-refractivity contribution is -0.137. The maximum atomic E-state index is 13.3. The number of phenols is 1. The molecule has 1 aliphatic heterocycles. The summed E-state index contributed by atoms with van der Waals surface area (Å²) in [5.74, 6) is 0.327. The van der Waals surface area contributed by atoms with E-state index in [0.717, 1.165) is 37.1 Å². The van der Waals surface area contributed by atoms with Gasteiger partial charge in [0.1, 0.15) is 11.4 Å². The van der Waals surface area contributed by atoms with E-state index < -0.39 is 11.7 Å². The summed E-state index contributed by atoms with van der Waals surface area (Å²) >= 11 is 0. The molecule has 0 saturated carbocycles. The molecule has 1 aromatic heterocycles. The highest BCUT2D eigenvalue weighted by atomic mass is 19.4. The molecule has 2 heterocycles. The largest absolute Gasteiger partial charge is 0.507 e. The third-order valence-electron chi connectivity index (χ3n) is 5.15. The second-order valence-corrected chi connectivity index (χ2v) is 7.36. The van der Waals surface area contributed by atoms with Crippen LogP contribution < -0.4 is 10.6 Å². The number of aromatic nitrogens is 2. The van der Waals surface area contributed by atoms with Gasteiger partial charge in [-0.2, -0.15) is 13.2 Å². The standard InChI is InChI=1S/C21H21F3N4O/c1-12-4-6-16(18(29)9-12)19-15-7-5-13(21(22,23)24)10-17(15)20(28-27-19)26-14-3-2-8-25-11-14/h4-7,9-10,14,25,29H,2-3,8,11H2,1H3,(H,26,28). The van der Waals surface area contributed by atoms with Crippen LogP contribution in [0, 0.1) is 6.92 Å². The molecule has 5 nitrogen and oxygen atoms in total. The number of anilines is 1. The Morgan fingerprint density at radius 1 is 1.10 bits per heavy atom. The first-order valence-corrected chi connectivity index (χ1v) is 9.48. The van der Waals surface area contributed by atoms with Crippen LogP contribution in [0.2, 0.25) is 0 Å². The Balaban J connectivity index is 1.87. The first-order chi connectivity index (χ1) is 13.8. The summed E-state index contributed by atoms with van der Waals surface area (Å²) in [5.41, 5.74) is 0.894. The predicted octanol–water partition coefficient (Wildman–Crippen LogP) is 4.49. The molecule has 1 atom stereocenters. The summed E-state index contributed by atoms with van der Waals surface area (Å²) in [7, 11) is 0. The fourth-order valence-corrected chi connectivity index (χ4v) is 3.65. The number of alkyl halides is 3. The molecule has 0 radical (unpaired) electrons. The molecule has 0 amide bonds. The van der Waals surface area contributed by atoms with E-state index in [-0.39, 0.29) is 11.8 Å². The average Bonchev–Trinajstić information content (AvgIpc) is 2.68. The van der Waals surface area contributed by atoms with E-state index in [0.29, 0.717) is 34.4 Å². The molecule has 0 aliphatic carbocycles. The van der Waals surface area contributed by atoms with Gasteiger partial charge in [0.2, 0.25) is 0 Å². The van der Waals surface area contributed by atoms with Crippen LogP contribution in [0.3, 0.4) is 0 Å². The number of hydrogen-bond acceptors (Lipinski definition) is 5. The highest BCUT2D eigenvalue weighted by molar-refractivity contribution is 6.01. The fourth-order valence-electron chi connectivity index (χ4n) is 3.65. The Morgan fingerprint density at radius 3 is 2.62 bits per heavy atom. The van der Waals surface area contributed by atoms with Crippen LogP contribution in [0.5, 0.6) is 5.75 Å². The summed E-state index contributed by atoms with van der Waals surface area (Å²) in [6, 6.07) is 8.69. The topological polar surface area (TPSA) is 70.1 Å². The van der Waals surface area contributed by atoms with Crippen molar-refractivity contribution in [1.82, 2.24) is 15.5 Å². The number of phenolic OH excluding ortho intramolecular Hbond substituents is 1. The smallest absolute Gasteiger partial charge is 0.416 e. The number of hydrogen-bond donors (Lipinski definition) is 3. The van der Waals surface area contributed by atoms with Crippen molar-refractivity contribution in [2.24, 2.45) is 0 Å². The minimum atomic E-state index is -4.46. The van der Waals surface area contributed by atoms with Crippen molar-refractivity contribution in [3.05, 3.63) is 47.5 Å². The van der Waals surface area contributed by atoms with E-state index in [1.54, 1.807) is 12.1 Å². The molecule has 0 spiro atoms. The summed E-state index contributed by atoms with van der Waals surface area (Å²) in [6.45, 7) is 3.48. The summed E-state index contributed by atoms with van der Waals surface area (Å²) in [5, 5.41) is 26.1. The van der Waals surface area contributed by atoms with Gasteiger partial charge in [0, 0.05) is 28.9 Å². The lowest BCUT2D eigenvalue weighted by Crippen LogP contribution is -2.38. The van der Waals surface area contributed by atoms with Crippen molar-refractivity contribution >= 4 is 16.6 Å². The molecule has 152 valence electrons. The quantitative estimate of drug-likeness (QED) is 0.602. The van der Waals surface area contributed by atoms with Crippen LogP contribution in [-0.4, -0.2) is 34.4 Å². The maximum absolute atomic E-state index is 13.3. The molecule has 1 unspecified atom stereocenters. The van der Waals surface area contributed by atoms with Gasteiger partial charge in [0.25, 0.3) is 0 Å². The van der Waals surface area contributed by atoms with Crippen molar-refractivity contribution in [2.75, 3.05) is 18.4 Å². The molecule has 2 aromatic carbocycles. The van der Waals surface area contributed by atoms with E-state index in [4.69, 9.17) is 0 Å². The number of nitrogens with zero attached hydrogens (tertiary/aromatic N) is 2. The second-order valence-electron chi connectivity index (χ2n) is 7.36. The van der Waals surface area contributed by atoms with E-state index in [9.17, 15) is 18.3 Å². The molecule has 3 N–H and O–H groups in total. The van der Waals surface area contributed by atoms with Crippen LogP contribution in [0.1, 0.15) is 24.0 Å². The van der Waals surface area contributed by atoms with Crippen LogP contribution in [0.15, 0.2) is 36.4 Å². The van der Waals surface area contributed by atoms with Crippen LogP contribution in [-0.2, 0) is 6.18 Å². The summed E-state index contributed by atoms with van der Waals surface area (Å²) in [6.07, 6.45) is -2.59. The van der Waals surface area contributed by atoms with Gasteiger partial charge in [0.05, 0.1) is 5.56 Å². The second kappa shape index (κ2) is 7.51. The van der Waals surface area contributed by atoms with Crippen molar-refractivity contribution < 1.29 is 18.3 Å². The van der Waals surface area contributed by atoms with Crippen molar-refractivity contribution in [2.45, 2.75) is 32.0 Å². The van der Waals surface area contributed by atoms with Gasteiger partial charge >= 0.3 is 6.18 Å². The molecular weight excluding hydrogens is 381 g/mol. The maximum Gasteiger partial charge on any atom is 0.416 e. The molecule has 1 aliphatic rings. The number of halogens is 3. The molecule has 1 fully saturated rings. The van der Waals surface area contributed by atoms with E-state index >= 15 is 0 Å². The number of aromatic hydroxyl groups is 1. The molecule has 29 heavy (non-hydrogen) atoms. The van der Waals surface area contributed by atoms with Crippen molar-refractivity contribution in [1.29, 1.82) is 0 Å². The molecule has 1 saturated heterocycles. The molecular formula is C21H21F3N4O. The lowest BCUT2D eigenvalue weighted by atomic mass is 10.00. The zero-order valence-electron chi connectivity index (χ0n) is 15.8. The Labute approximate surface area is 166 Å². The number of nitrogens with one attached hydrogen (secondary N) is 2. The average molecular weight is 402 g/mol. The lowest BCUT2D eigenvalue weighted by Gasteiger charge is -2.25. The molecule has 0 bridgehead atoms. The van der Waals surface area contributed by atoms with E-state index in [1.165, 1.54) is 6.07 Å². The first kappa shape index (κ1) is 19.4. The van der Waals surface area contributed by atoms with Gasteiger partial charge in [-0.05, 0) is 56.1 Å². The number of aryl methyl sites for hydroxylation is 1. The molecule has 4 rings (SSSR count). The first-order valence-electron chi connectivity index (χ1n) is 9.48. The summed E-state index contributed by atoms with van der Waals surface area (Å²) in [4.78, 5) is 0. The van der Waals surface area contributed by atoms with Gasteiger partial charge in [-0.25, -0.2) is 0 Å². The zero-order valence-corrected chi connectivity index (χ0v) is 15.8. The third kappa shape index (κ3) is 3.98. The van der Waals surface area contributed by atoms with E-state index in [2.05, 4.69) is 20.8 Å². The highest BCUT2D eigenvalue weighted by Gasteiger charge is 2.31. The number of rotatable bonds is 3. The number of piperidine rings is 1. The van der Waals surface area contributed by atoms with Crippen LogP contribution in [0.4, 0.5) is 19.0 Å². The minimum absolute atomic E-state index is 0.0117. The fraction of sp³-hybridized carbons (Fsp3) is 0.333. The SMILES string of the molecule is Cc1ccc(-c2nnc(NC3CCCNC3)c3cc(C(F)(F)F)ccc23)c(O)c1. The highest BCUT2D eigenvalue weighted by Crippen LogP contribution is 2.38. The number of fused-ring (bicyclic) bond motifs is 1.